The summed E-state index contributed by atoms with van der Waals surface area (Å²) in [4.78, 5) is 34.4. The van der Waals surface area contributed by atoms with Crippen molar-refractivity contribution in [3.63, 3.8) is 0 Å². The highest BCUT2D eigenvalue weighted by Crippen LogP contribution is 2.22. The summed E-state index contributed by atoms with van der Waals surface area (Å²) < 4.78 is 10.3. The van der Waals surface area contributed by atoms with Crippen LogP contribution in [0.1, 0.15) is 17.3 Å². The summed E-state index contributed by atoms with van der Waals surface area (Å²) >= 11 is 11.7. The monoisotopic (exact) mass is 395 g/mol. The van der Waals surface area contributed by atoms with Crippen LogP contribution >= 0.6 is 23.2 Å². The van der Waals surface area contributed by atoms with Crippen molar-refractivity contribution in [1.29, 1.82) is 0 Å². The molecule has 0 heterocycles. The Morgan fingerprint density at radius 2 is 1.73 bits per heavy atom. The van der Waals surface area contributed by atoms with Crippen LogP contribution in [0.5, 0.6) is 5.75 Å². The maximum atomic E-state index is 12.1. The molecule has 0 aromatic heterocycles. The molecule has 0 saturated heterocycles. The van der Waals surface area contributed by atoms with Gasteiger partial charge in [0.1, 0.15) is 12.0 Å². The van der Waals surface area contributed by atoms with Gasteiger partial charge in [-0.05, 0) is 49.4 Å². The van der Waals surface area contributed by atoms with Gasteiger partial charge in [0, 0.05) is 21.3 Å². The minimum absolute atomic E-state index is 0.367. The largest absolute Gasteiger partial charge is 0.482 e. The number of esters is 1. The average Bonchev–Trinajstić information content (AvgIpc) is 2.59. The highest BCUT2D eigenvalue weighted by molar-refractivity contribution is 6.35. The summed E-state index contributed by atoms with van der Waals surface area (Å²) in [6, 6.07) is 10.8. The quantitative estimate of drug-likeness (QED) is 0.570. The fourth-order valence-corrected chi connectivity index (χ4v) is 2.47. The first-order valence-electron chi connectivity index (χ1n) is 7.52. The molecule has 0 radical (unpaired) electrons. The molecule has 0 fully saturated rings. The minimum Gasteiger partial charge on any atom is -0.482 e. The van der Waals surface area contributed by atoms with E-state index < -0.39 is 18.0 Å². The van der Waals surface area contributed by atoms with Gasteiger partial charge in [-0.25, -0.2) is 4.79 Å². The van der Waals surface area contributed by atoms with Gasteiger partial charge in [-0.2, -0.15) is 0 Å². The fraction of sp³-hybridized carbons (Fsp3) is 0.167. The number of ether oxygens (including phenoxy) is 2. The Kier molecular flexibility index (Phi) is 7.00. The molecule has 1 atom stereocenters. The molecule has 1 amide bonds. The van der Waals surface area contributed by atoms with Gasteiger partial charge < -0.3 is 14.8 Å². The number of aldehydes is 1. The molecule has 0 aliphatic heterocycles. The molecule has 2 rings (SSSR count). The normalized spacial score (nSPS) is 11.3. The number of rotatable bonds is 7. The van der Waals surface area contributed by atoms with E-state index in [4.69, 9.17) is 32.7 Å². The Morgan fingerprint density at radius 3 is 2.31 bits per heavy atom. The van der Waals surface area contributed by atoms with E-state index in [0.717, 1.165) is 0 Å². The summed E-state index contributed by atoms with van der Waals surface area (Å²) in [5.41, 5.74) is 0.883. The second-order valence-corrected chi connectivity index (χ2v) is 6.13. The Morgan fingerprint density at radius 1 is 1.12 bits per heavy atom. The maximum absolute atomic E-state index is 12.1. The molecule has 0 unspecified atom stereocenters. The van der Waals surface area contributed by atoms with Crippen molar-refractivity contribution in [3.8, 4) is 5.75 Å². The second-order valence-electron chi connectivity index (χ2n) is 5.26. The number of nitrogens with one attached hydrogen (secondary N) is 1. The second kappa shape index (κ2) is 9.22. The first-order valence-corrected chi connectivity index (χ1v) is 8.27. The Balaban J connectivity index is 1.83. The molecule has 0 bridgehead atoms. The average molecular weight is 396 g/mol. The molecule has 0 spiro atoms. The smallest absolute Gasteiger partial charge is 0.344 e. The number of amides is 1. The zero-order chi connectivity index (χ0) is 19.1. The molecule has 2 aromatic carbocycles. The van der Waals surface area contributed by atoms with E-state index in [9.17, 15) is 14.4 Å². The Bertz CT molecular complexity index is 787. The van der Waals surface area contributed by atoms with Crippen LogP contribution in [-0.4, -0.2) is 30.9 Å². The van der Waals surface area contributed by atoms with Crippen molar-refractivity contribution < 1.29 is 23.9 Å². The fourth-order valence-electron chi connectivity index (χ4n) is 1.94. The summed E-state index contributed by atoms with van der Waals surface area (Å²) in [6.45, 7) is 1.05. The third-order valence-electron chi connectivity index (χ3n) is 3.18. The number of benzene rings is 2. The molecule has 1 N–H and O–H groups in total. The van der Waals surface area contributed by atoms with Crippen molar-refractivity contribution in [2.24, 2.45) is 0 Å². The van der Waals surface area contributed by atoms with Crippen LogP contribution in [0.4, 0.5) is 5.69 Å². The highest BCUT2D eigenvalue weighted by atomic mass is 35.5. The summed E-state index contributed by atoms with van der Waals surface area (Å²) in [6.07, 6.45) is -0.341. The number of halogens is 2. The molecule has 136 valence electrons. The zero-order valence-corrected chi connectivity index (χ0v) is 15.2. The van der Waals surface area contributed by atoms with Crippen LogP contribution in [0.15, 0.2) is 42.5 Å². The molecule has 8 heteroatoms. The topological polar surface area (TPSA) is 81.7 Å². The summed E-state index contributed by atoms with van der Waals surface area (Å²) in [7, 11) is 0. The first-order chi connectivity index (χ1) is 12.4. The molecule has 0 aliphatic carbocycles. The third kappa shape index (κ3) is 6.06. The lowest BCUT2D eigenvalue weighted by molar-refractivity contribution is -0.155. The Labute approximate surface area is 160 Å². The van der Waals surface area contributed by atoms with E-state index in [1.807, 2.05) is 0 Å². The van der Waals surface area contributed by atoms with E-state index >= 15 is 0 Å². The molecule has 6 nitrogen and oxygen atoms in total. The van der Waals surface area contributed by atoms with E-state index in [-0.39, 0.29) is 6.61 Å². The number of carbonyl (C=O) groups is 3. The van der Waals surface area contributed by atoms with Crippen molar-refractivity contribution in [1.82, 2.24) is 0 Å². The predicted molar refractivity (Wildman–Crippen MR) is 98.0 cm³/mol. The van der Waals surface area contributed by atoms with Gasteiger partial charge in [0.05, 0.1) is 0 Å². The standard InChI is InChI=1S/C18H15Cl2NO5/c1-11(18(24)21-15-7-13(19)6-14(20)8-15)26-17(23)10-25-16-4-2-12(9-22)3-5-16/h2-9,11H,10H2,1H3,(H,21,24)/t11-/m1/s1. The van der Waals surface area contributed by atoms with Gasteiger partial charge in [0.15, 0.2) is 12.7 Å². The number of hydrogen-bond donors (Lipinski definition) is 1. The summed E-state index contributed by atoms with van der Waals surface area (Å²) in [5, 5.41) is 3.29. The van der Waals surface area contributed by atoms with E-state index in [2.05, 4.69) is 5.32 Å². The molecular formula is C18H15Cl2NO5. The van der Waals surface area contributed by atoms with Crippen molar-refractivity contribution >= 4 is 47.1 Å². The maximum Gasteiger partial charge on any atom is 0.344 e. The van der Waals surface area contributed by atoms with Crippen molar-refractivity contribution in [2.45, 2.75) is 13.0 Å². The van der Waals surface area contributed by atoms with Crippen LogP contribution in [0.3, 0.4) is 0 Å². The minimum atomic E-state index is -1.04. The molecular weight excluding hydrogens is 381 g/mol. The van der Waals surface area contributed by atoms with Crippen molar-refractivity contribution in [2.75, 3.05) is 11.9 Å². The summed E-state index contributed by atoms with van der Waals surface area (Å²) in [5.74, 6) is -0.846. The molecule has 2 aromatic rings. The van der Waals surface area contributed by atoms with Crippen LogP contribution in [0.2, 0.25) is 10.0 Å². The molecule has 26 heavy (non-hydrogen) atoms. The Hall–Kier alpha value is -2.57. The highest BCUT2D eigenvalue weighted by Gasteiger charge is 2.18. The zero-order valence-electron chi connectivity index (χ0n) is 13.7. The van der Waals surface area contributed by atoms with E-state index in [1.165, 1.54) is 25.1 Å². The number of anilines is 1. The van der Waals surface area contributed by atoms with Gasteiger partial charge >= 0.3 is 5.97 Å². The lowest BCUT2D eigenvalue weighted by Crippen LogP contribution is -2.31. The van der Waals surface area contributed by atoms with Gasteiger partial charge in [-0.15, -0.1) is 0 Å². The SMILES string of the molecule is C[C@@H](OC(=O)COc1ccc(C=O)cc1)C(=O)Nc1cc(Cl)cc(Cl)c1. The third-order valence-corrected chi connectivity index (χ3v) is 3.62. The van der Waals surface area contributed by atoms with E-state index in [1.54, 1.807) is 24.3 Å². The van der Waals surface area contributed by atoms with E-state index in [0.29, 0.717) is 33.3 Å². The first kappa shape index (κ1) is 19.8. The predicted octanol–water partition coefficient (Wildman–Crippen LogP) is 3.76. The lowest BCUT2D eigenvalue weighted by Gasteiger charge is -2.14. The van der Waals surface area contributed by atoms with Crippen LogP contribution < -0.4 is 10.1 Å². The van der Waals surface area contributed by atoms with Crippen molar-refractivity contribution in [3.05, 3.63) is 58.1 Å². The van der Waals surface area contributed by atoms with Gasteiger partial charge in [-0.1, -0.05) is 23.2 Å². The lowest BCUT2D eigenvalue weighted by atomic mass is 10.2. The van der Waals surface area contributed by atoms with Crippen LogP contribution in [0.25, 0.3) is 0 Å². The van der Waals surface area contributed by atoms with Gasteiger partial charge in [0.2, 0.25) is 0 Å². The number of carbonyl (C=O) groups excluding carboxylic acids is 3. The van der Waals surface area contributed by atoms with Gasteiger partial charge in [0.25, 0.3) is 5.91 Å². The van der Waals surface area contributed by atoms with Crippen LogP contribution in [-0.2, 0) is 14.3 Å². The molecule has 0 saturated carbocycles. The van der Waals surface area contributed by atoms with Crippen LogP contribution in [0, 0.1) is 0 Å². The molecule has 0 aliphatic rings. The van der Waals surface area contributed by atoms with Gasteiger partial charge in [-0.3, -0.25) is 9.59 Å². The number of hydrogen-bond acceptors (Lipinski definition) is 5.